The number of halogens is 9. The van der Waals surface area contributed by atoms with E-state index in [2.05, 4.69) is 40.0 Å². The van der Waals surface area contributed by atoms with Crippen LogP contribution in [0.4, 0.5) is 79.3 Å². The van der Waals surface area contributed by atoms with E-state index in [1.807, 2.05) is 41.5 Å². The highest BCUT2D eigenvalue weighted by molar-refractivity contribution is 7.92. The normalized spacial score (nSPS) is 18.6. The van der Waals surface area contributed by atoms with Gasteiger partial charge in [0.2, 0.25) is 21.8 Å². The SMILES string of the molecule is C=CC(=O)N1CC2C(=O)N(C)c3c(c4cc(F)c(-c5c(N)cccc5F)c(F)c4n(-c4c(C)ccnc4C(C)C)c3=O)N2CC1C.C=CC(=O)N1CC2C(=O)N(C3CNC3)c3c(c4cc(F)c(-c5c(O)cccc5F)c(F)c4n(-c4c(C)ccnc4C(C)C)c3=O)N2CC1C.C=CS(=O)(=O)N1CC2C(=O)N(C)c3c(c4cc(F)c(-c5c(O)cccc5F)c(F)c4n(-c4c(C)ccnc4C(C)C)c3=O)N2CC1C. The van der Waals surface area contributed by atoms with Crippen LogP contribution in [0, 0.1) is 73.1 Å². The molecule has 6 aromatic heterocycles. The highest BCUT2D eigenvalue weighted by Gasteiger charge is 2.53. The molecule has 5 amide bonds. The summed E-state index contributed by atoms with van der Waals surface area (Å²) in [6.07, 6.45) is 7.02. The molecule has 0 aliphatic carbocycles. The van der Waals surface area contributed by atoms with E-state index < -0.39 is 189 Å². The van der Waals surface area contributed by atoms with Gasteiger partial charge in [0, 0.05) is 123 Å². The zero-order valence-corrected chi connectivity index (χ0v) is 80.6. The van der Waals surface area contributed by atoms with E-state index in [-0.39, 0.29) is 153 Å². The molecule has 0 spiro atoms. The zero-order chi connectivity index (χ0) is 103. The van der Waals surface area contributed by atoms with Gasteiger partial charge >= 0.3 is 0 Å². The fourth-order valence-corrected chi connectivity index (χ4v) is 22.0. The lowest BCUT2D eigenvalue weighted by Gasteiger charge is -2.52. The minimum Gasteiger partial charge on any atom is -0.507 e. The highest BCUT2D eigenvalue weighted by atomic mass is 32.2. The molecule has 13 heterocycles. The average Bonchev–Trinajstić information content (AvgIpc) is 0.673. The summed E-state index contributed by atoms with van der Waals surface area (Å²) in [5.41, 5.74) is 1.77. The summed E-state index contributed by atoms with van der Waals surface area (Å²) in [4.78, 5) is 137. The zero-order valence-electron chi connectivity index (χ0n) is 79.7. The minimum absolute atomic E-state index is 0.0127. The van der Waals surface area contributed by atoms with Crippen molar-refractivity contribution in [1.29, 1.82) is 0 Å². The van der Waals surface area contributed by atoms with Gasteiger partial charge in [-0.2, -0.15) is 4.31 Å². The molecule has 7 aliphatic heterocycles. The van der Waals surface area contributed by atoms with Crippen molar-refractivity contribution in [2.75, 3.05) is 102 Å². The van der Waals surface area contributed by atoms with Crippen molar-refractivity contribution in [2.45, 2.75) is 143 Å². The predicted molar refractivity (Wildman–Crippen MR) is 525 cm³/mol. The second-order valence-corrected chi connectivity index (χ2v) is 39.2. The number of fused-ring (bicyclic) bond motifs is 15. The number of amides is 5. The number of carbonyl (C=O) groups excluding carboxylic acids is 5. The molecule has 6 atom stereocenters. The summed E-state index contributed by atoms with van der Waals surface area (Å²) in [5.74, 6) is -14.8. The van der Waals surface area contributed by atoms with Gasteiger partial charge in [-0.15, -0.1) is 0 Å². The van der Waals surface area contributed by atoms with Crippen LogP contribution in [0.1, 0.15) is 114 Å². The van der Waals surface area contributed by atoms with Crippen LogP contribution in [0.3, 0.4) is 0 Å². The first kappa shape index (κ1) is 98.6. The number of carbonyl (C=O) groups is 5. The lowest BCUT2D eigenvalue weighted by molar-refractivity contribution is -0.132. The molecule has 39 heteroatoms. The molecule has 5 N–H and O–H groups in total. The van der Waals surface area contributed by atoms with Crippen molar-refractivity contribution in [2.24, 2.45) is 0 Å². The summed E-state index contributed by atoms with van der Waals surface area (Å²) < 4.78 is 176. The lowest BCUT2D eigenvalue weighted by Crippen LogP contribution is -2.71. The largest absolute Gasteiger partial charge is 0.507 e. The Morgan fingerprint density at radius 1 is 0.437 bits per heavy atom. The number of rotatable bonds is 14. The number of benzene rings is 6. The Morgan fingerprint density at radius 3 is 1.11 bits per heavy atom. The predicted octanol–water partition coefficient (Wildman–Crippen LogP) is 14.5. The van der Waals surface area contributed by atoms with E-state index in [9.17, 15) is 52.2 Å². The van der Waals surface area contributed by atoms with E-state index in [4.69, 9.17) is 5.73 Å². The molecule has 6 unspecified atom stereocenters. The lowest BCUT2D eigenvalue weighted by atomic mass is 9.93. The number of hydrogen-bond donors (Lipinski definition) is 4. The van der Waals surface area contributed by atoms with Crippen molar-refractivity contribution in [3.05, 3.63) is 264 Å². The summed E-state index contributed by atoms with van der Waals surface area (Å²) in [5, 5.41) is 24.9. The van der Waals surface area contributed by atoms with Gasteiger partial charge in [-0.25, -0.2) is 47.9 Å². The van der Waals surface area contributed by atoms with Crippen molar-refractivity contribution in [3.8, 4) is 61.9 Å². The molecule has 738 valence electrons. The highest BCUT2D eigenvalue weighted by Crippen LogP contribution is 2.53. The summed E-state index contributed by atoms with van der Waals surface area (Å²) in [7, 11) is -1.19. The molecule has 4 fully saturated rings. The maximum Gasteiger partial charge on any atom is 0.281 e. The van der Waals surface area contributed by atoms with Gasteiger partial charge in [-0.3, -0.25) is 71.9 Å². The molecular weight excluding hydrogens is 1870 g/mol. The molecule has 0 saturated carbocycles. The molecule has 142 heavy (non-hydrogen) atoms. The van der Waals surface area contributed by atoms with Crippen LogP contribution in [0.15, 0.2) is 161 Å². The van der Waals surface area contributed by atoms with Crippen molar-refractivity contribution in [3.63, 3.8) is 0 Å². The Balaban J connectivity index is 0.000000147. The first-order valence-corrected chi connectivity index (χ1v) is 47.4. The Hall–Kier alpha value is -15.0. The number of piperazine rings is 3. The van der Waals surface area contributed by atoms with Crippen molar-refractivity contribution >= 4 is 112 Å². The first-order valence-electron chi connectivity index (χ1n) is 45.9. The number of aromatic nitrogens is 6. The Labute approximate surface area is 808 Å². The van der Waals surface area contributed by atoms with Crippen molar-refractivity contribution < 1.29 is 82.1 Å². The van der Waals surface area contributed by atoms with Gasteiger partial charge < -0.3 is 55.6 Å². The quantitative estimate of drug-likeness (QED) is 0.0446. The fraction of sp³-hybridized carbons (Fsp3) is 0.311. The number of phenolic OH excluding ortho intramolecular Hbond substituents is 2. The number of phenols is 2. The number of sulfonamides is 1. The number of aromatic hydroxyl groups is 2. The van der Waals surface area contributed by atoms with Gasteiger partial charge in [0.15, 0.2) is 17.5 Å². The number of hydrogen-bond acceptors (Lipinski definition) is 20. The fourth-order valence-electron chi connectivity index (χ4n) is 20.9. The smallest absolute Gasteiger partial charge is 0.281 e. The first-order chi connectivity index (χ1) is 67.3. The van der Waals surface area contributed by atoms with E-state index >= 15 is 44.3 Å². The van der Waals surface area contributed by atoms with Crippen LogP contribution in [0.2, 0.25) is 0 Å². The standard InChI is InChI=1S/C36H35F3N6O4.C34H33F3N6O3.C33H32F3N5O5S/c1-6-26(47)42-16-24-35(48)44(20-13-40-14-20)34-33(43(24)15-19(42)5)21-12-23(38)28(27-22(37)8-7-9-25(27)46)29(39)32(21)45(36(34)49)31-18(4)10-11-41-30(31)17(2)3;1-7-24(44)41-15-23-33(45)40(6)32-31(42(23)14-18(41)5)19-13-21(36)26(25-20(35)9-8-10-22(25)38)27(37)30(19)43(34(32)46)29-17(4)11-12-39-28(29)16(2)3;1-7-47(45,46)40-15-22-32(43)38(6)31-30(39(22)14-18(40)5)19-13-21(35)25(24-20(34)9-8-10-23(24)42)26(36)29(19)41(33(31)44)28-17(4)11-12-37-27(28)16(2)3/h6-12,17,19-20,24,40,46H,1,13-16H2,2-5H3;7-13,16,18,23H,1,14-15,38H2,2-6H3;7-13,16,18,22,42H,1,14-15H2,2-6H3. The molecule has 0 radical (unpaired) electrons. The topological polar surface area (TPSA) is 332 Å². The monoisotopic (exact) mass is 1970 g/mol. The number of nitrogens with one attached hydrogen (secondary N) is 1. The van der Waals surface area contributed by atoms with Gasteiger partial charge in [-0.05, 0) is 161 Å². The number of anilines is 7. The number of nitrogen functional groups attached to an aromatic ring is 1. The molecule has 6 aromatic carbocycles. The van der Waals surface area contributed by atoms with Crippen LogP contribution in [0.5, 0.6) is 11.5 Å². The summed E-state index contributed by atoms with van der Waals surface area (Å²) in [6.45, 7) is 32.4. The molecular formula is C103H100F9N17O12S. The van der Waals surface area contributed by atoms with E-state index in [0.29, 0.717) is 46.9 Å². The van der Waals surface area contributed by atoms with Crippen LogP contribution in [-0.4, -0.2) is 200 Å². The summed E-state index contributed by atoms with van der Waals surface area (Å²) in [6, 6.07) is 13.1. The number of likely N-dealkylation sites (N-methyl/N-ethyl adjacent to an activating group) is 2. The third-order valence-electron chi connectivity index (χ3n) is 27.7. The van der Waals surface area contributed by atoms with Crippen molar-refractivity contribution in [1.82, 2.24) is 48.1 Å². The van der Waals surface area contributed by atoms with Gasteiger partial charge in [0.25, 0.3) is 34.4 Å². The molecule has 7 aliphatic rings. The third-order valence-corrected chi connectivity index (χ3v) is 29.3. The molecule has 4 saturated heterocycles. The number of nitrogens with two attached hydrogens (primary N) is 1. The van der Waals surface area contributed by atoms with Crippen LogP contribution < -0.4 is 57.1 Å². The number of pyridine rings is 6. The van der Waals surface area contributed by atoms with Gasteiger partial charge in [0.05, 0.1) is 115 Å². The summed E-state index contributed by atoms with van der Waals surface area (Å²) >= 11 is 0. The minimum atomic E-state index is -3.96. The molecule has 29 nitrogen and oxygen atoms in total. The second-order valence-electron chi connectivity index (χ2n) is 37.4. The van der Waals surface area contributed by atoms with E-state index in [1.54, 1.807) is 81.9 Å². The van der Waals surface area contributed by atoms with Crippen LogP contribution >= 0.6 is 0 Å². The molecule has 12 aromatic rings. The van der Waals surface area contributed by atoms with E-state index in [0.717, 1.165) is 82.9 Å². The Bertz CT molecular complexity index is 7740. The van der Waals surface area contributed by atoms with Gasteiger partial charge in [-0.1, -0.05) is 79.5 Å². The van der Waals surface area contributed by atoms with Crippen LogP contribution in [0.25, 0.3) is 83.2 Å². The Kier molecular flexibility index (Phi) is 25.6. The van der Waals surface area contributed by atoms with E-state index in [1.165, 1.54) is 75.1 Å². The Morgan fingerprint density at radius 2 is 0.768 bits per heavy atom. The molecule has 19 rings (SSSR count). The maximum atomic E-state index is 17.4. The molecule has 0 bridgehead atoms. The number of aryl methyl sites for hydroxylation is 3. The third kappa shape index (κ3) is 15.5. The average molecular weight is 1970 g/mol. The number of nitrogens with zero attached hydrogens (tertiary/aromatic N) is 15. The second kappa shape index (κ2) is 36.9. The van der Waals surface area contributed by atoms with Gasteiger partial charge in [0.1, 0.15) is 81.6 Å². The maximum absolute atomic E-state index is 17.4. The van der Waals surface area contributed by atoms with Crippen LogP contribution in [-0.2, 0) is 34.0 Å².